The summed E-state index contributed by atoms with van der Waals surface area (Å²) in [4.78, 5) is 2.26. The molecule has 0 bridgehead atoms. The number of hydrogen-bond acceptors (Lipinski definition) is 4. The zero-order chi connectivity index (χ0) is 15.8. The summed E-state index contributed by atoms with van der Waals surface area (Å²) in [5.41, 5.74) is 5.42. The molecule has 4 heteroatoms. The van der Waals surface area contributed by atoms with Crippen molar-refractivity contribution in [2.24, 2.45) is 5.73 Å². The Balaban J connectivity index is 1.81. The van der Waals surface area contributed by atoms with E-state index < -0.39 is 5.54 Å². The van der Waals surface area contributed by atoms with Gasteiger partial charge in [-0.25, -0.2) is 0 Å². The van der Waals surface area contributed by atoms with Gasteiger partial charge in [0.05, 0.1) is 11.5 Å². The lowest BCUT2D eigenvalue weighted by atomic mass is 9.98. The average molecular weight is 315 g/mol. The van der Waals surface area contributed by atoms with Crippen LogP contribution < -0.4 is 10.5 Å². The van der Waals surface area contributed by atoms with Gasteiger partial charge in [0.15, 0.2) is 0 Å². The minimum absolute atomic E-state index is 0.00185. The van der Waals surface area contributed by atoms with Gasteiger partial charge in [0.25, 0.3) is 0 Å². The Morgan fingerprint density at radius 3 is 2.73 bits per heavy atom. The number of aliphatic hydroxyl groups is 1. The third kappa shape index (κ3) is 5.53. The van der Waals surface area contributed by atoms with Crippen molar-refractivity contribution in [2.75, 3.05) is 13.2 Å². The zero-order valence-electron chi connectivity index (χ0n) is 12.7. The second-order valence-electron chi connectivity index (χ2n) is 5.48. The van der Waals surface area contributed by atoms with Crippen molar-refractivity contribution in [1.29, 1.82) is 0 Å². The van der Waals surface area contributed by atoms with Crippen LogP contribution in [0.2, 0.25) is 0 Å². The molecule has 0 spiro atoms. The summed E-state index contributed by atoms with van der Waals surface area (Å²) < 4.78 is 5.53. The Bertz CT molecular complexity index is 638. The smallest absolute Gasteiger partial charge is 0.149 e. The molecule has 0 aliphatic rings. The van der Waals surface area contributed by atoms with Gasteiger partial charge in [-0.05, 0) is 44.0 Å². The number of aliphatic hydroxyl groups excluding tert-OH is 1. The van der Waals surface area contributed by atoms with Gasteiger partial charge in [-0.3, -0.25) is 0 Å². The van der Waals surface area contributed by atoms with Crippen LogP contribution in [0.3, 0.4) is 0 Å². The third-order valence-corrected chi connectivity index (χ3v) is 4.29. The maximum Gasteiger partial charge on any atom is 0.149 e. The topological polar surface area (TPSA) is 55.5 Å². The number of aryl methyl sites for hydroxylation is 1. The molecule has 3 nitrogen and oxygen atoms in total. The van der Waals surface area contributed by atoms with E-state index in [1.54, 1.807) is 11.3 Å². The quantitative estimate of drug-likeness (QED) is 0.806. The number of benzene rings is 1. The third-order valence-electron chi connectivity index (χ3n) is 3.23. The van der Waals surface area contributed by atoms with Gasteiger partial charge in [0.1, 0.15) is 12.4 Å². The normalized spacial score (nSPS) is 13.0. The summed E-state index contributed by atoms with van der Waals surface area (Å²) in [6.07, 6.45) is 1.62. The van der Waals surface area contributed by atoms with Gasteiger partial charge >= 0.3 is 0 Å². The van der Waals surface area contributed by atoms with Crippen LogP contribution in [0.25, 0.3) is 0 Å². The SMILES string of the molecule is CC(N)(CO)CCc1ccc(C#CCOc2ccccc2)s1. The molecule has 0 saturated heterocycles. The maximum absolute atomic E-state index is 9.16. The Morgan fingerprint density at radius 2 is 2.00 bits per heavy atom. The average Bonchev–Trinajstić information content (AvgIpc) is 2.99. The Kier molecular flexibility index (Phi) is 6.02. The van der Waals surface area contributed by atoms with E-state index in [9.17, 15) is 0 Å². The highest BCUT2D eigenvalue weighted by Crippen LogP contribution is 2.19. The number of hydrogen-bond donors (Lipinski definition) is 2. The molecule has 1 unspecified atom stereocenters. The molecule has 0 aliphatic carbocycles. The first kappa shape index (κ1) is 16.6. The first-order chi connectivity index (χ1) is 10.6. The molecule has 1 aromatic carbocycles. The van der Waals surface area contributed by atoms with Gasteiger partial charge in [-0.1, -0.05) is 30.0 Å². The highest BCUT2D eigenvalue weighted by molar-refractivity contribution is 7.12. The van der Waals surface area contributed by atoms with Crippen molar-refractivity contribution in [1.82, 2.24) is 0 Å². The van der Waals surface area contributed by atoms with Gasteiger partial charge in [-0.2, -0.15) is 0 Å². The minimum Gasteiger partial charge on any atom is -0.481 e. The molecule has 2 aromatic rings. The molecule has 116 valence electrons. The summed E-state index contributed by atoms with van der Waals surface area (Å²) in [6, 6.07) is 13.7. The largest absolute Gasteiger partial charge is 0.481 e. The first-order valence-corrected chi connectivity index (χ1v) is 8.06. The zero-order valence-corrected chi connectivity index (χ0v) is 13.5. The van der Waals surface area contributed by atoms with Crippen LogP contribution in [-0.4, -0.2) is 23.9 Å². The highest BCUT2D eigenvalue weighted by atomic mass is 32.1. The van der Waals surface area contributed by atoms with Crippen molar-refractivity contribution in [3.05, 3.63) is 52.2 Å². The standard InChI is InChI=1S/C18H21NO2S/c1-18(19,14-20)12-11-17-10-9-16(22-17)8-5-13-21-15-6-3-2-4-7-15/h2-4,6-7,9-10,20H,11-14,19H2,1H3. The molecule has 22 heavy (non-hydrogen) atoms. The Labute approximate surface area is 135 Å². The van der Waals surface area contributed by atoms with Gasteiger partial charge < -0.3 is 15.6 Å². The summed E-state index contributed by atoms with van der Waals surface area (Å²) in [5, 5.41) is 9.16. The number of rotatable bonds is 6. The first-order valence-electron chi connectivity index (χ1n) is 7.24. The van der Waals surface area contributed by atoms with Crippen molar-refractivity contribution < 1.29 is 9.84 Å². The van der Waals surface area contributed by atoms with Crippen LogP contribution in [0.1, 0.15) is 23.1 Å². The molecule has 0 saturated carbocycles. The van der Waals surface area contributed by atoms with E-state index in [1.165, 1.54) is 4.88 Å². The second kappa shape index (κ2) is 8.00. The molecule has 3 N–H and O–H groups in total. The maximum atomic E-state index is 9.16. The fourth-order valence-corrected chi connectivity index (χ4v) is 2.71. The van der Waals surface area contributed by atoms with Crippen LogP contribution in [0, 0.1) is 11.8 Å². The lowest BCUT2D eigenvalue weighted by Crippen LogP contribution is -2.40. The Morgan fingerprint density at radius 1 is 1.23 bits per heavy atom. The lowest BCUT2D eigenvalue weighted by Gasteiger charge is -2.20. The molecule has 0 amide bonds. The Hall–Kier alpha value is -1.80. The van der Waals surface area contributed by atoms with E-state index in [0.717, 1.165) is 23.5 Å². The van der Waals surface area contributed by atoms with Crippen LogP contribution in [0.15, 0.2) is 42.5 Å². The van der Waals surface area contributed by atoms with Crippen LogP contribution in [-0.2, 0) is 6.42 Å². The van der Waals surface area contributed by atoms with Crippen LogP contribution in [0.4, 0.5) is 0 Å². The van der Waals surface area contributed by atoms with E-state index in [0.29, 0.717) is 6.61 Å². The fraction of sp³-hybridized carbons (Fsp3) is 0.333. The van der Waals surface area contributed by atoms with Gasteiger partial charge in [-0.15, -0.1) is 11.3 Å². The molecular weight excluding hydrogens is 294 g/mol. The number of para-hydroxylation sites is 1. The minimum atomic E-state index is -0.515. The van der Waals surface area contributed by atoms with Crippen LogP contribution in [0.5, 0.6) is 5.75 Å². The number of thiophene rings is 1. The van der Waals surface area contributed by atoms with Gasteiger partial charge in [0, 0.05) is 10.4 Å². The van der Waals surface area contributed by atoms with E-state index in [4.69, 9.17) is 15.6 Å². The molecule has 1 atom stereocenters. The number of nitrogens with two attached hydrogens (primary N) is 1. The summed E-state index contributed by atoms with van der Waals surface area (Å²) in [5.74, 6) is 6.96. The molecule has 1 heterocycles. The predicted molar refractivity (Wildman–Crippen MR) is 91.1 cm³/mol. The molecule has 0 aliphatic heterocycles. The summed E-state index contributed by atoms with van der Waals surface area (Å²) in [7, 11) is 0. The molecule has 0 radical (unpaired) electrons. The van der Waals surface area contributed by atoms with E-state index in [2.05, 4.69) is 17.9 Å². The molecular formula is C18H21NO2S. The van der Waals surface area contributed by atoms with Crippen LogP contribution >= 0.6 is 11.3 Å². The van der Waals surface area contributed by atoms with Crippen molar-refractivity contribution in [3.63, 3.8) is 0 Å². The van der Waals surface area contributed by atoms with Crippen molar-refractivity contribution in [3.8, 4) is 17.6 Å². The monoisotopic (exact) mass is 315 g/mol. The molecule has 2 rings (SSSR count). The van der Waals surface area contributed by atoms with E-state index >= 15 is 0 Å². The van der Waals surface area contributed by atoms with E-state index in [-0.39, 0.29) is 6.61 Å². The van der Waals surface area contributed by atoms with Gasteiger partial charge in [0.2, 0.25) is 0 Å². The van der Waals surface area contributed by atoms with Crippen molar-refractivity contribution >= 4 is 11.3 Å². The summed E-state index contributed by atoms with van der Waals surface area (Å²) >= 11 is 1.66. The lowest BCUT2D eigenvalue weighted by molar-refractivity contribution is 0.201. The predicted octanol–water partition coefficient (Wildman–Crippen LogP) is 2.82. The second-order valence-corrected chi connectivity index (χ2v) is 6.65. The highest BCUT2D eigenvalue weighted by Gasteiger charge is 2.16. The molecule has 0 fully saturated rings. The summed E-state index contributed by atoms with van der Waals surface area (Å²) in [6.45, 7) is 2.24. The number of ether oxygens (including phenoxy) is 1. The van der Waals surface area contributed by atoms with E-state index in [1.807, 2.05) is 43.3 Å². The van der Waals surface area contributed by atoms with Crippen molar-refractivity contribution in [2.45, 2.75) is 25.3 Å². The fourth-order valence-electron chi connectivity index (χ4n) is 1.83. The molecule has 1 aromatic heterocycles.